The lowest BCUT2D eigenvalue weighted by Gasteiger charge is -2.18. The van der Waals surface area contributed by atoms with Crippen LogP contribution < -0.4 is 0 Å². The summed E-state index contributed by atoms with van der Waals surface area (Å²) in [5.41, 5.74) is 0. The van der Waals surface area contributed by atoms with Crippen LogP contribution in [0.2, 0.25) is 0 Å². The van der Waals surface area contributed by atoms with Gasteiger partial charge in [-0.2, -0.15) is 0 Å². The standard InChI is InChI=1S/C19H22N2O13/c1-3-11(18(28)34-21-14(24)6-7-15(21)25)32-17(27)9-30-19(29)31-10(2)8-16(26)33-20-12(22)4-5-13(20)23/h10-11H,3-9H2,1-2H3. The molecule has 2 aliphatic heterocycles. The number of rotatable bonds is 10. The van der Waals surface area contributed by atoms with Crippen LogP contribution in [0.15, 0.2) is 0 Å². The normalized spacial score (nSPS) is 17.4. The summed E-state index contributed by atoms with van der Waals surface area (Å²) < 4.78 is 14.1. The number of imide groups is 2. The molecule has 34 heavy (non-hydrogen) atoms. The maximum absolute atomic E-state index is 12.0. The van der Waals surface area contributed by atoms with Gasteiger partial charge in [0, 0.05) is 25.7 Å². The van der Waals surface area contributed by atoms with Crippen molar-refractivity contribution < 1.29 is 62.2 Å². The first-order chi connectivity index (χ1) is 16.0. The first-order valence-corrected chi connectivity index (χ1v) is 10.2. The summed E-state index contributed by atoms with van der Waals surface area (Å²) in [6.07, 6.45) is -4.88. The van der Waals surface area contributed by atoms with Gasteiger partial charge in [0.25, 0.3) is 23.6 Å². The number of esters is 1. The van der Waals surface area contributed by atoms with Crippen LogP contribution in [0.3, 0.4) is 0 Å². The van der Waals surface area contributed by atoms with Crippen LogP contribution in [-0.2, 0) is 57.4 Å². The highest BCUT2D eigenvalue weighted by molar-refractivity contribution is 6.02. The minimum Gasteiger partial charge on any atom is -0.448 e. The number of ether oxygens (including phenoxy) is 3. The molecule has 0 aromatic rings. The first kappa shape index (κ1) is 26.2. The molecule has 0 aliphatic carbocycles. The van der Waals surface area contributed by atoms with E-state index in [1.165, 1.54) is 13.8 Å². The van der Waals surface area contributed by atoms with Gasteiger partial charge in [0.2, 0.25) is 6.10 Å². The Morgan fingerprint density at radius 1 is 0.794 bits per heavy atom. The average molecular weight is 486 g/mol. The molecule has 2 rings (SSSR count). The quantitative estimate of drug-likeness (QED) is 0.283. The van der Waals surface area contributed by atoms with Gasteiger partial charge in [-0.15, -0.1) is 10.1 Å². The molecule has 15 heteroatoms. The summed E-state index contributed by atoms with van der Waals surface area (Å²) in [4.78, 5) is 102. The third-order valence-electron chi connectivity index (χ3n) is 4.35. The van der Waals surface area contributed by atoms with E-state index >= 15 is 0 Å². The van der Waals surface area contributed by atoms with E-state index < -0.39 is 72.9 Å². The fraction of sp³-hybridized carbons (Fsp3) is 0.579. The van der Waals surface area contributed by atoms with Gasteiger partial charge in [-0.25, -0.2) is 19.2 Å². The molecule has 0 spiro atoms. The number of amides is 4. The van der Waals surface area contributed by atoms with Gasteiger partial charge in [-0.1, -0.05) is 6.92 Å². The summed E-state index contributed by atoms with van der Waals surface area (Å²) >= 11 is 0. The lowest BCUT2D eigenvalue weighted by Crippen LogP contribution is -2.38. The molecule has 2 aliphatic rings. The molecule has 2 atom stereocenters. The minimum atomic E-state index is -1.47. The molecule has 4 amide bonds. The van der Waals surface area contributed by atoms with E-state index in [-0.39, 0.29) is 32.1 Å². The van der Waals surface area contributed by atoms with Crippen molar-refractivity contribution in [3.8, 4) is 0 Å². The lowest BCUT2D eigenvalue weighted by molar-refractivity contribution is -0.206. The second kappa shape index (κ2) is 11.7. The zero-order chi connectivity index (χ0) is 25.4. The predicted octanol–water partition coefficient (Wildman–Crippen LogP) is -0.546. The van der Waals surface area contributed by atoms with Crippen LogP contribution in [0.5, 0.6) is 0 Å². The van der Waals surface area contributed by atoms with Gasteiger partial charge in [-0.3, -0.25) is 19.2 Å². The Kier molecular flexibility index (Phi) is 9.03. The number of carbonyl (C=O) groups excluding carboxylic acids is 8. The van der Waals surface area contributed by atoms with Gasteiger partial charge in [0.05, 0.1) is 6.42 Å². The number of hydrogen-bond donors (Lipinski definition) is 0. The fourth-order valence-electron chi connectivity index (χ4n) is 2.69. The maximum Gasteiger partial charge on any atom is 0.509 e. The van der Waals surface area contributed by atoms with Crippen LogP contribution >= 0.6 is 0 Å². The summed E-state index contributed by atoms with van der Waals surface area (Å²) in [6.45, 7) is 1.79. The minimum absolute atomic E-state index is 0.0631. The molecule has 0 bridgehead atoms. The van der Waals surface area contributed by atoms with Crippen molar-refractivity contribution in [1.82, 2.24) is 10.1 Å². The SMILES string of the molecule is CCC(OC(=O)COC(=O)OC(C)CC(=O)ON1C(=O)CCC1=O)C(=O)ON1C(=O)CCC1=O. The third kappa shape index (κ3) is 7.25. The van der Waals surface area contributed by atoms with E-state index in [0.717, 1.165) is 0 Å². The van der Waals surface area contributed by atoms with Crippen LogP contribution in [0.1, 0.15) is 52.4 Å². The topological polar surface area (TPSA) is 189 Å². The highest BCUT2D eigenvalue weighted by atomic mass is 16.8. The largest absolute Gasteiger partial charge is 0.509 e. The maximum atomic E-state index is 12.0. The average Bonchev–Trinajstić information content (AvgIpc) is 3.25. The Morgan fingerprint density at radius 2 is 1.29 bits per heavy atom. The van der Waals surface area contributed by atoms with Crippen molar-refractivity contribution in [2.24, 2.45) is 0 Å². The number of hydroxylamine groups is 4. The van der Waals surface area contributed by atoms with Crippen LogP contribution in [0.4, 0.5) is 4.79 Å². The highest BCUT2D eigenvalue weighted by Gasteiger charge is 2.36. The Labute approximate surface area is 192 Å². The molecular formula is C19H22N2O13. The molecule has 0 aromatic heterocycles. The number of nitrogens with zero attached hydrogens (tertiary/aromatic N) is 2. The van der Waals surface area contributed by atoms with Gasteiger partial charge in [0.15, 0.2) is 6.61 Å². The molecule has 2 saturated heterocycles. The predicted molar refractivity (Wildman–Crippen MR) is 101 cm³/mol. The van der Waals surface area contributed by atoms with E-state index in [9.17, 15) is 38.4 Å². The Hall–Kier alpha value is -4.04. The van der Waals surface area contributed by atoms with Crippen molar-refractivity contribution in [2.75, 3.05) is 6.61 Å². The second-order valence-electron chi connectivity index (χ2n) is 7.10. The van der Waals surface area contributed by atoms with E-state index in [1.807, 2.05) is 0 Å². The van der Waals surface area contributed by atoms with E-state index in [2.05, 4.69) is 14.4 Å². The molecule has 2 heterocycles. The molecule has 0 radical (unpaired) electrons. The molecule has 186 valence electrons. The molecular weight excluding hydrogens is 464 g/mol. The Bertz CT molecular complexity index is 867. The molecule has 2 fully saturated rings. The van der Waals surface area contributed by atoms with Gasteiger partial charge in [0.1, 0.15) is 6.10 Å². The highest BCUT2D eigenvalue weighted by Crippen LogP contribution is 2.15. The van der Waals surface area contributed by atoms with E-state index in [4.69, 9.17) is 9.47 Å². The molecule has 2 unspecified atom stereocenters. The molecule has 15 nitrogen and oxygen atoms in total. The lowest BCUT2D eigenvalue weighted by atomic mass is 10.3. The van der Waals surface area contributed by atoms with Crippen molar-refractivity contribution in [2.45, 2.75) is 64.6 Å². The van der Waals surface area contributed by atoms with Gasteiger partial charge in [-0.05, 0) is 13.3 Å². The zero-order valence-corrected chi connectivity index (χ0v) is 18.3. The fourth-order valence-corrected chi connectivity index (χ4v) is 2.69. The summed E-state index contributed by atoms with van der Waals surface area (Å²) in [5.74, 6) is -6.08. The van der Waals surface area contributed by atoms with Crippen molar-refractivity contribution in [1.29, 1.82) is 0 Å². The van der Waals surface area contributed by atoms with Crippen molar-refractivity contribution in [3.05, 3.63) is 0 Å². The first-order valence-electron chi connectivity index (χ1n) is 10.2. The van der Waals surface area contributed by atoms with Gasteiger partial charge < -0.3 is 23.9 Å². The van der Waals surface area contributed by atoms with Gasteiger partial charge >= 0.3 is 24.1 Å². The van der Waals surface area contributed by atoms with Crippen LogP contribution in [-0.4, -0.2) is 76.6 Å². The summed E-state index contributed by atoms with van der Waals surface area (Å²) in [7, 11) is 0. The second-order valence-corrected chi connectivity index (χ2v) is 7.10. The Balaban J connectivity index is 1.71. The monoisotopic (exact) mass is 486 g/mol. The van der Waals surface area contributed by atoms with Crippen molar-refractivity contribution >= 4 is 47.7 Å². The molecule has 0 N–H and O–H groups in total. The summed E-state index contributed by atoms with van der Waals surface area (Å²) in [6, 6.07) is 0. The zero-order valence-electron chi connectivity index (χ0n) is 18.3. The Morgan fingerprint density at radius 3 is 1.79 bits per heavy atom. The van der Waals surface area contributed by atoms with E-state index in [1.54, 1.807) is 0 Å². The van der Waals surface area contributed by atoms with E-state index in [0.29, 0.717) is 10.1 Å². The molecule has 0 saturated carbocycles. The summed E-state index contributed by atoms with van der Waals surface area (Å²) in [5, 5.41) is 0.642. The molecule has 0 aromatic carbocycles. The number of hydrogen-bond acceptors (Lipinski definition) is 13. The van der Waals surface area contributed by atoms with Crippen molar-refractivity contribution in [3.63, 3.8) is 0 Å². The number of carbonyl (C=O) groups is 8. The van der Waals surface area contributed by atoms with Crippen LogP contribution in [0.25, 0.3) is 0 Å². The third-order valence-corrected chi connectivity index (χ3v) is 4.35. The smallest absolute Gasteiger partial charge is 0.448 e. The van der Waals surface area contributed by atoms with Crippen LogP contribution in [0, 0.1) is 0 Å².